The highest BCUT2D eigenvalue weighted by molar-refractivity contribution is 5.41. The first kappa shape index (κ1) is 7.39. The minimum Gasteiger partial charge on any atom is -0.508 e. The van der Waals surface area contributed by atoms with Gasteiger partial charge in [0.05, 0.1) is 7.11 Å². The molecule has 1 aromatic carbocycles. The first-order chi connectivity index (χ1) is 5.81. The summed E-state index contributed by atoms with van der Waals surface area (Å²) in [6.07, 6.45) is -0.180. The molecule has 0 aliphatic carbocycles. The molecule has 2 N–H and O–H groups in total. The summed E-state index contributed by atoms with van der Waals surface area (Å²) in [5.41, 5.74) is 3.33. The number of phenolic OH excluding ortho intramolecular Hbond substituents is 1. The molecule has 0 radical (unpaired) electrons. The lowest BCUT2D eigenvalue weighted by Crippen LogP contribution is -1.88. The average molecular weight is 167 g/mol. The molecule has 4 nitrogen and oxygen atoms in total. The van der Waals surface area contributed by atoms with Crippen molar-refractivity contribution in [3.63, 3.8) is 0 Å². The monoisotopic (exact) mass is 167 g/mol. The minimum atomic E-state index is -0.180. The molecular weight excluding hydrogens is 158 g/mol. The van der Waals surface area contributed by atoms with Crippen molar-refractivity contribution in [1.29, 1.82) is 0 Å². The van der Waals surface area contributed by atoms with Gasteiger partial charge in [-0.05, 0) is 18.2 Å². The molecule has 64 valence electrons. The van der Waals surface area contributed by atoms with E-state index in [9.17, 15) is 5.11 Å². The summed E-state index contributed by atoms with van der Waals surface area (Å²) < 4.78 is 4.99. The summed E-state index contributed by atoms with van der Waals surface area (Å²) in [5.74, 6) is 0.922. The Morgan fingerprint density at radius 1 is 1.58 bits per heavy atom. The maximum absolute atomic E-state index is 9.37. The molecular formula is C8H9NO3. The predicted octanol–water partition coefficient (Wildman–Crippen LogP) is 0.934. The number of nitrogens with one attached hydrogen (secondary N) is 1. The van der Waals surface area contributed by atoms with Crippen LogP contribution in [0, 0.1) is 0 Å². The quantitative estimate of drug-likeness (QED) is 0.643. The van der Waals surface area contributed by atoms with Gasteiger partial charge in [0.1, 0.15) is 11.5 Å². The fraction of sp³-hybridized carbons (Fsp3) is 0.250. The SMILES string of the molecule is COc1ccc(O)c(C2NO2)c1. The van der Waals surface area contributed by atoms with Gasteiger partial charge in [-0.2, -0.15) is 5.48 Å². The first-order valence-electron chi connectivity index (χ1n) is 3.59. The van der Waals surface area contributed by atoms with Crippen LogP contribution in [0.3, 0.4) is 0 Å². The molecule has 1 aliphatic rings. The second-order valence-corrected chi connectivity index (χ2v) is 2.54. The van der Waals surface area contributed by atoms with E-state index >= 15 is 0 Å². The standard InChI is InChI=1S/C8H9NO3/c1-11-5-2-3-7(10)6(4-5)8-9-12-8/h2-4,8-10H,1H3. The molecule has 1 fully saturated rings. The lowest BCUT2D eigenvalue weighted by Gasteiger charge is -2.02. The van der Waals surface area contributed by atoms with E-state index in [1.54, 1.807) is 25.3 Å². The zero-order valence-corrected chi connectivity index (χ0v) is 6.57. The normalized spacial score (nSPS) is 20.6. The van der Waals surface area contributed by atoms with Gasteiger partial charge in [-0.1, -0.05) is 0 Å². The lowest BCUT2D eigenvalue weighted by molar-refractivity contribution is 0.365. The van der Waals surface area contributed by atoms with Crippen LogP contribution in [0.5, 0.6) is 11.5 Å². The number of methoxy groups -OCH3 is 1. The first-order valence-corrected chi connectivity index (χ1v) is 3.59. The van der Waals surface area contributed by atoms with Crippen molar-refractivity contribution in [2.75, 3.05) is 7.11 Å². The van der Waals surface area contributed by atoms with Crippen LogP contribution in [0.1, 0.15) is 11.8 Å². The van der Waals surface area contributed by atoms with Crippen LogP contribution in [0.15, 0.2) is 18.2 Å². The van der Waals surface area contributed by atoms with Gasteiger partial charge >= 0.3 is 0 Å². The molecule has 1 unspecified atom stereocenters. The van der Waals surface area contributed by atoms with Gasteiger partial charge in [-0.15, -0.1) is 0 Å². The zero-order valence-electron chi connectivity index (χ0n) is 6.57. The zero-order chi connectivity index (χ0) is 8.55. The van der Waals surface area contributed by atoms with Gasteiger partial charge in [0.15, 0.2) is 6.23 Å². The van der Waals surface area contributed by atoms with Crippen LogP contribution in [0.4, 0.5) is 0 Å². The van der Waals surface area contributed by atoms with E-state index in [1.807, 2.05) is 0 Å². The van der Waals surface area contributed by atoms with Gasteiger partial charge < -0.3 is 9.84 Å². The van der Waals surface area contributed by atoms with E-state index in [0.717, 1.165) is 0 Å². The van der Waals surface area contributed by atoms with Crippen LogP contribution < -0.4 is 10.2 Å². The van der Waals surface area contributed by atoms with E-state index in [0.29, 0.717) is 11.3 Å². The highest BCUT2D eigenvalue weighted by Crippen LogP contribution is 2.33. The Kier molecular flexibility index (Phi) is 1.64. The smallest absolute Gasteiger partial charge is 0.180 e. The van der Waals surface area contributed by atoms with Crippen LogP contribution >= 0.6 is 0 Å². The van der Waals surface area contributed by atoms with Crippen molar-refractivity contribution < 1.29 is 14.7 Å². The molecule has 0 aromatic heterocycles. The molecule has 0 amide bonds. The number of hydrogen-bond donors (Lipinski definition) is 2. The molecule has 0 saturated carbocycles. The molecule has 1 atom stereocenters. The highest BCUT2D eigenvalue weighted by Gasteiger charge is 2.27. The largest absolute Gasteiger partial charge is 0.508 e. The van der Waals surface area contributed by atoms with Crippen LogP contribution in [0.2, 0.25) is 0 Å². The van der Waals surface area contributed by atoms with Crippen molar-refractivity contribution in [3.05, 3.63) is 23.8 Å². The molecule has 1 heterocycles. The Balaban J connectivity index is 2.36. The molecule has 1 saturated heterocycles. The molecule has 0 spiro atoms. The Labute approximate surface area is 69.7 Å². The van der Waals surface area contributed by atoms with Gasteiger partial charge in [0, 0.05) is 5.56 Å². The van der Waals surface area contributed by atoms with Crippen molar-refractivity contribution in [3.8, 4) is 11.5 Å². The van der Waals surface area contributed by atoms with E-state index in [4.69, 9.17) is 9.57 Å². The lowest BCUT2D eigenvalue weighted by atomic mass is 10.2. The van der Waals surface area contributed by atoms with Crippen molar-refractivity contribution in [2.45, 2.75) is 6.23 Å². The molecule has 2 rings (SSSR count). The van der Waals surface area contributed by atoms with E-state index < -0.39 is 0 Å². The summed E-state index contributed by atoms with van der Waals surface area (Å²) in [4.78, 5) is 4.81. The van der Waals surface area contributed by atoms with Crippen LogP contribution in [-0.4, -0.2) is 12.2 Å². The summed E-state index contributed by atoms with van der Waals surface area (Å²) >= 11 is 0. The molecule has 4 heteroatoms. The maximum Gasteiger partial charge on any atom is 0.180 e. The number of aromatic hydroxyl groups is 1. The Bertz CT molecular complexity index is 296. The van der Waals surface area contributed by atoms with Crippen LogP contribution in [0.25, 0.3) is 0 Å². The predicted molar refractivity (Wildman–Crippen MR) is 41.6 cm³/mol. The fourth-order valence-corrected chi connectivity index (χ4v) is 1.03. The fourth-order valence-electron chi connectivity index (χ4n) is 1.03. The number of hydrogen-bond acceptors (Lipinski definition) is 4. The number of ether oxygens (including phenoxy) is 1. The average Bonchev–Trinajstić information content (AvgIpc) is 2.88. The number of rotatable bonds is 2. The number of hydroxylamine groups is 1. The second kappa shape index (κ2) is 2.66. The third kappa shape index (κ3) is 1.22. The minimum absolute atomic E-state index is 0.180. The molecule has 12 heavy (non-hydrogen) atoms. The summed E-state index contributed by atoms with van der Waals surface area (Å²) in [7, 11) is 1.58. The Morgan fingerprint density at radius 2 is 2.33 bits per heavy atom. The summed E-state index contributed by atoms with van der Waals surface area (Å²) in [6, 6.07) is 5.01. The molecule has 0 bridgehead atoms. The number of phenols is 1. The molecule has 1 aromatic rings. The summed E-state index contributed by atoms with van der Waals surface area (Å²) in [5, 5.41) is 9.37. The van der Waals surface area contributed by atoms with Crippen LogP contribution in [-0.2, 0) is 4.84 Å². The highest BCUT2D eigenvalue weighted by atomic mass is 16.8. The topological polar surface area (TPSA) is 63.9 Å². The van der Waals surface area contributed by atoms with Gasteiger partial charge in [-0.3, -0.25) is 4.84 Å². The van der Waals surface area contributed by atoms with Gasteiger partial charge in [0.2, 0.25) is 0 Å². The third-order valence-electron chi connectivity index (χ3n) is 1.75. The molecule has 1 aliphatic heterocycles. The number of benzene rings is 1. The van der Waals surface area contributed by atoms with Crippen molar-refractivity contribution in [1.82, 2.24) is 5.48 Å². The summed E-state index contributed by atoms with van der Waals surface area (Å²) in [6.45, 7) is 0. The second-order valence-electron chi connectivity index (χ2n) is 2.54. The van der Waals surface area contributed by atoms with Crippen molar-refractivity contribution in [2.24, 2.45) is 0 Å². The van der Waals surface area contributed by atoms with E-state index in [1.165, 1.54) is 0 Å². The van der Waals surface area contributed by atoms with E-state index in [-0.39, 0.29) is 12.0 Å². The van der Waals surface area contributed by atoms with Gasteiger partial charge in [-0.25, -0.2) is 0 Å². The maximum atomic E-state index is 9.37. The van der Waals surface area contributed by atoms with Crippen molar-refractivity contribution >= 4 is 0 Å². The Hall–Kier alpha value is -1.26. The third-order valence-corrected chi connectivity index (χ3v) is 1.75. The van der Waals surface area contributed by atoms with Gasteiger partial charge in [0.25, 0.3) is 0 Å². The Morgan fingerprint density at radius 3 is 2.92 bits per heavy atom. The van der Waals surface area contributed by atoms with E-state index in [2.05, 4.69) is 5.48 Å².